The zero-order valence-electron chi connectivity index (χ0n) is 10.6. The first-order chi connectivity index (χ1) is 7.02. The molecule has 15 heavy (non-hydrogen) atoms. The van der Waals surface area contributed by atoms with Crippen LogP contribution in [0.2, 0.25) is 0 Å². The molecule has 0 saturated carbocycles. The van der Waals surface area contributed by atoms with Crippen LogP contribution in [0.25, 0.3) is 0 Å². The van der Waals surface area contributed by atoms with E-state index in [1.165, 1.54) is 51.9 Å². The molecule has 2 fully saturated rings. The Labute approximate surface area is 94.4 Å². The maximum absolute atomic E-state index is 3.48. The van der Waals surface area contributed by atoms with Gasteiger partial charge in [0, 0.05) is 5.54 Å². The number of nitrogens with zero attached hydrogens (tertiary/aromatic N) is 1. The Balaban J connectivity index is 1.91. The number of piperidine rings is 2. The summed E-state index contributed by atoms with van der Waals surface area (Å²) in [5.41, 5.74) is 1.07. The monoisotopic (exact) mass is 210 g/mol. The van der Waals surface area contributed by atoms with Crippen LogP contribution in [-0.2, 0) is 0 Å². The molecule has 2 nitrogen and oxygen atoms in total. The average molecular weight is 210 g/mol. The van der Waals surface area contributed by atoms with Crippen molar-refractivity contribution in [2.75, 3.05) is 26.2 Å². The first-order valence-corrected chi connectivity index (χ1v) is 6.48. The van der Waals surface area contributed by atoms with Crippen molar-refractivity contribution in [1.29, 1.82) is 0 Å². The van der Waals surface area contributed by atoms with E-state index >= 15 is 0 Å². The third kappa shape index (κ3) is 2.54. The van der Waals surface area contributed by atoms with Crippen molar-refractivity contribution < 1.29 is 0 Å². The Morgan fingerprint density at radius 2 is 1.47 bits per heavy atom. The second kappa shape index (κ2) is 4.06. The Hall–Kier alpha value is -0.0800. The number of hydrogen-bond donors (Lipinski definition) is 1. The lowest BCUT2D eigenvalue weighted by Gasteiger charge is -2.48. The molecule has 88 valence electrons. The van der Waals surface area contributed by atoms with Gasteiger partial charge < -0.3 is 5.32 Å². The van der Waals surface area contributed by atoms with Gasteiger partial charge in [-0.15, -0.1) is 0 Å². The highest BCUT2D eigenvalue weighted by molar-refractivity contribution is 4.92. The topological polar surface area (TPSA) is 15.3 Å². The highest BCUT2D eigenvalue weighted by Crippen LogP contribution is 2.40. The van der Waals surface area contributed by atoms with Crippen molar-refractivity contribution in [2.45, 2.75) is 52.0 Å². The molecule has 1 N–H and O–H groups in total. The Kier molecular flexibility index (Phi) is 3.09. The van der Waals surface area contributed by atoms with Gasteiger partial charge in [0.2, 0.25) is 0 Å². The van der Waals surface area contributed by atoms with Gasteiger partial charge in [-0.3, -0.25) is 4.90 Å². The molecule has 0 aromatic heterocycles. The van der Waals surface area contributed by atoms with Crippen molar-refractivity contribution in [3.8, 4) is 0 Å². The van der Waals surface area contributed by atoms with E-state index < -0.39 is 0 Å². The van der Waals surface area contributed by atoms with Crippen LogP contribution in [0.5, 0.6) is 0 Å². The standard InChI is InChI=1S/C13H26N2/c1-12(2,3)15-10-6-13(7-11-15)4-8-14-9-5-13/h14H,4-11H2,1-3H3. The molecule has 0 atom stereocenters. The maximum Gasteiger partial charge on any atom is 0.0125 e. The van der Waals surface area contributed by atoms with E-state index in [4.69, 9.17) is 0 Å². The van der Waals surface area contributed by atoms with Crippen molar-refractivity contribution in [3.05, 3.63) is 0 Å². The second-order valence-corrected chi connectivity index (χ2v) is 6.41. The molecule has 0 unspecified atom stereocenters. The fraction of sp³-hybridized carbons (Fsp3) is 1.00. The summed E-state index contributed by atoms with van der Waals surface area (Å²) in [6.07, 6.45) is 5.66. The van der Waals surface area contributed by atoms with Gasteiger partial charge in [-0.05, 0) is 78.0 Å². The average Bonchev–Trinajstić information content (AvgIpc) is 2.18. The zero-order chi connectivity index (χ0) is 10.9. The van der Waals surface area contributed by atoms with Gasteiger partial charge in [0.05, 0.1) is 0 Å². The van der Waals surface area contributed by atoms with Gasteiger partial charge in [-0.25, -0.2) is 0 Å². The minimum absolute atomic E-state index is 0.370. The molecular weight excluding hydrogens is 184 g/mol. The molecule has 0 amide bonds. The summed E-state index contributed by atoms with van der Waals surface area (Å²) in [7, 11) is 0. The largest absolute Gasteiger partial charge is 0.317 e. The van der Waals surface area contributed by atoms with Crippen LogP contribution < -0.4 is 5.32 Å². The third-order valence-electron chi connectivity index (χ3n) is 4.44. The van der Waals surface area contributed by atoms with E-state index in [9.17, 15) is 0 Å². The molecule has 2 aliphatic heterocycles. The molecule has 0 aromatic carbocycles. The van der Waals surface area contributed by atoms with Crippen molar-refractivity contribution in [3.63, 3.8) is 0 Å². The Morgan fingerprint density at radius 1 is 0.933 bits per heavy atom. The predicted octanol–water partition coefficient (Wildman–Crippen LogP) is 2.25. The highest BCUT2D eigenvalue weighted by atomic mass is 15.2. The van der Waals surface area contributed by atoms with Gasteiger partial charge in [0.25, 0.3) is 0 Å². The van der Waals surface area contributed by atoms with E-state index in [-0.39, 0.29) is 0 Å². The smallest absolute Gasteiger partial charge is 0.0125 e. The molecule has 1 spiro atoms. The SMILES string of the molecule is CC(C)(C)N1CCC2(CCNCC2)CC1. The molecule has 2 aliphatic rings. The molecule has 2 rings (SSSR count). The normalized spacial score (nSPS) is 28.2. The van der Waals surface area contributed by atoms with Crippen molar-refractivity contribution >= 4 is 0 Å². The summed E-state index contributed by atoms with van der Waals surface area (Å²) in [5.74, 6) is 0. The number of rotatable bonds is 0. The summed E-state index contributed by atoms with van der Waals surface area (Å²) in [6, 6.07) is 0. The zero-order valence-corrected chi connectivity index (χ0v) is 10.6. The lowest BCUT2D eigenvalue weighted by molar-refractivity contribution is 0.0260. The first kappa shape index (κ1) is 11.4. The molecule has 2 heteroatoms. The molecule has 0 aliphatic carbocycles. The quantitative estimate of drug-likeness (QED) is 0.660. The molecule has 0 bridgehead atoms. The summed E-state index contributed by atoms with van der Waals surface area (Å²) < 4.78 is 0. The van der Waals surface area contributed by atoms with E-state index in [1.54, 1.807) is 0 Å². The summed E-state index contributed by atoms with van der Waals surface area (Å²) in [4.78, 5) is 2.65. The summed E-state index contributed by atoms with van der Waals surface area (Å²) in [5, 5.41) is 3.48. The molecule has 2 saturated heterocycles. The minimum Gasteiger partial charge on any atom is -0.317 e. The first-order valence-electron chi connectivity index (χ1n) is 6.48. The van der Waals surface area contributed by atoms with Gasteiger partial charge in [0.1, 0.15) is 0 Å². The van der Waals surface area contributed by atoms with Gasteiger partial charge in [0.15, 0.2) is 0 Å². The number of hydrogen-bond acceptors (Lipinski definition) is 2. The van der Waals surface area contributed by atoms with E-state index in [0.29, 0.717) is 11.0 Å². The molecule has 0 aromatic rings. The molecule has 2 heterocycles. The van der Waals surface area contributed by atoms with Crippen LogP contribution in [0.3, 0.4) is 0 Å². The van der Waals surface area contributed by atoms with Crippen LogP contribution in [0.4, 0.5) is 0 Å². The Morgan fingerprint density at radius 3 is 1.93 bits per heavy atom. The van der Waals surface area contributed by atoms with Crippen molar-refractivity contribution in [2.24, 2.45) is 5.41 Å². The van der Waals surface area contributed by atoms with E-state index in [0.717, 1.165) is 0 Å². The Bertz CT molecular complexity index is 201. The summed E-state index contributed by atoms with van der Waals surface area (Å²) >= 11 is 0. The van der Waals surface area contributed by atoms with Gasteiger partial charge in [-0.1, -0.05) is 0 Å². The highest BCUT2D eigenvalue weighted by Gasteiger charge is 2.37. The maximum atomic E-state index is 3.48. The van der Waals surface area contributed by atoms with Crippen LogP contribution in [0.15, 0.2) is 0 Å². The summed E-state index contributed by atoms with van der Waals surface area (Å²) in [6.45, 7) is 12.1. The third-order valence-corrected chi connectivity index (χ3v) is 4.44. The van der Waals surface area contributed by atoms with E-state index in [2.05, 4.69) is 31.0 Å². The lowest BCUT2D eigenvalue weighted by Crippen LogP contribution is -2.51. The fourth-order valence-corrected chi connectivity index (χ4v) is 3.11. The lowest BCUT2D eigenvalue weighted by atomic mass is 9.71. The number of likely N-dealkylation sites (tertiary alicyclic amines) is 1. The molecule has 0 radical (unpaired) electrons. The van der Waals surface area contributed by atoms with Crippen LogP contribution in [0.1, 0.15) is 46.5 Å². The predicted molar refractivity (Wildman–Crippen MR) is 65.1 cm³/mol. The van der Waals surface area contributed by atoms with Crippen LogP contribution in [-0.4, -0.2) is 36.6 Å². The van der Waals surface area contributed by atoms with Crippen LogP contribution >= 0.6 is 0 Å². The second-order valence-electron chi connectivity index (χ2n) is 6.41. The van der Waals surface area contributed by atoms with Crippen molar-refractivity contribution in [1.82, 2.24) is 10.2 Å². The minimum atomic E-state index is 0.370. The van der Waals surface area contributed by atoms with Gasteiger partial charge in [-0.2, -0.15) is 0 Å². The fourth-order valence-electron chi connectivity index (χ4n) is 3.11. The van der Waals surface area contributed by atoms with Crippen LogP contribution in [0, 0.1) is 5.41 Å². The number of nitrogens with one attached hydrogen (secondary N) is 1. The molecular formula is C13H26N2. The van der Waals surface area contributed by atoms with E-state index in [1.807, 2.05) is 0 Å². The van der Waals surface area contributed by atoms with Gasteiger partial charge >= 0.3 is 0 Å².